The van der Waals surface area contributed by atoms with Gasteiger partial charge >= 0.3 is 0 Å². The number of halogens is 1. The maximum absolute atomic E-state index is 13.8. The molecule has 0 radical (unpaired) electrons. The minimum atomic E-state index is -0.411. The van der Waals surface area contributed by atoms with Gasteiger partial charge in [-0.25, -0.2) is 4.39 Å². The molecule has 1 fully saturated rings. The number of carbonyl (C=O) groups is 1. The van der Waals surface area contributed by atoms with Crippen molar-refractivity contribution in [3.63, 3.8) is 0 Å². The molecule has 0 aromatic heterocycles. The number of nitrogens with zero attached hydrogens (tertiary/aromatic N) is 1. The van der Waals surface area contributed by atoms with Crippen LogP contribution in [0.2, 0.25) is 0 Å². The molecule has 1 aromatic rings. The molecule has 0 saturated carbocycles. The van der Waals surface area contributed by atoms with Gasteiger partial charge < -0.3 is 4.90 Å². The predicted molar refractivity (Wildman–Crippen MR) is 70.0 cm³/mol. The third-order valence-corrected chi connectivity index (χ3v) is 3.51. The monoisotopic (exact) mass is 249 g/mol. The average Bonchev–Trinajstić information content (AvgIpc) is 2.26. The molecule has 0 bridgehead atoms. The summed E-state index contributed by atoms with van der Waals surface area (Å²) in [7, 11) is 0. The Balaban J connectivity index is 2.20. The van der Waals surface area contributed by atoms with Gasteiger partial charge in [0.2, 0.25) is 0 Å². The molecule has 98 valence electrons. The summed E-state index contributed by atoms with van der Waals surface area (Å²) in [5, 5.41) is 0. The Labute approximate surface area is 108 Å². The molecule has 2 atom stereocenters. The van der Waals surface area contributed by atoms with Crippen molar-refractivity contribution in [3.05, 3.63) is 35.1 Å². The van der Waals surface area contributed by atoms with E-state index in [1.165, 1.54) is 6.07 Å². The maximum atomic E-state index is 13.8. The standard InChI is InChI=1S/C15H20FNO/c1-10-4-5-13(14(16)7-10)15(18)17-8-11(2)6-12(3)9-17/h4-5,7,11-12H,6,8-9H2,1-3H3. The number of amides is 1. The second-order valence-electron chi connectivity index (χ2n) is 5.64. The largest absolute Gasteiger partial charge is 0.338 e. The quantitative estimate of drug-likeness (QED) is 0.748. The molecule has 1 amide bonds. The van der Waals surface area contributed by atoms with Crippen LogP contribution in [0.25, 0.3) is 0 Å². The van der Waals surface area contributed by atoms with E-state index in [1.807, 2.05) is 6.92 Å². The number of likely N-dealkylation sites (tertiary alicyclic amines) is 1. The Hall–Kier alpha value is -1.38. The molecule has 1 aliphatic rings. The molecule has 2 rings (SSSR count). The maximum Gasteiger partial charge on any atom is 0.256 e. The normalized spacial score (nSPS) is 24.1. The first kappa shape index (κ1) is 13.1. The molecule has 1 aromatic carbocycles. The van der Waals surface area contributed by atoms with Crippen LogP contribution in [0.3, 0.4) is 0 Å². The number of aryl methyl sites for hydroxylation is 1. The third kappa shape index (κ3) is 2.71. The van der Waals surface area contributed by atoms with Crippen LogP contribution < -0.4 is 0 Å². The van der Waals surface area contributed by atoms with Crippen molar-refractivity contribution < 1.29 is 9.18 Å². The summed E-state index contributed by atoms with van der Waals surface area (Å²) >= 11 is 0. The molecule has 1 aliphatic heterocycles. The molecule has 0 aliphatic carbocycles. The smallest absolute Gasteiger partial charge is 0.256 e. The highest BCUT2D eigenvalue weighted by Gasteiger charge is 2.27. The Morgan fingerprint density at radius 2 is 1.89 bits per heavy atom. The van der Waals surface area contributed by atoms with Crippen molar-refractivity contribution >= 4 is 5.91 Å². The Morgan fingerprint density at radius 1 is 1.28 bits per heavy atom. The summed E-state index contributed by atoms with van der Waals surface area (Å²) in [5.74, 6) is 0.397. The second kappa shape index (κ2) is 5.09. The fourth-order valence-electron chi connectivity index (χ4n) is 2.79. The summed E-state index contributed by atoms with van der Waals surface area (Å²) in [6.07, 6.45) is 1.14. The first-order chi connectivity index (χ1) is 8.47. The molecule has 0 spiro atoms. The molecule has 18 heavy (non-hydrogen) atoms. The van der Waals surface area contributed by atoms with Gasteiger partial charge in [0.25, 0.3) is 5.91 Å². The van der Waals surface area contributed by atoms with Gasteiger partial charge in [0.15, 0.2) is 0 Å². The molecular weight excluding hydrogens is 229 g/mol. The van der Waals surface area contributed by atoms with Crippen LogP contribution in [-0.2, 0) is 0 Å². The third-order valence-electron chi connectivity index (χ3n) is 3.51. The number of rotatable bonds is 1. The van der Waals surface area contributed by atoms with Crippen LogP contribution in [0.4, 0.5) is 4.39 Å². The van der Waals surface area contributed by atoms with Crippen LogP contribution in [0.15, 0.2) is 18.2 Å². The van der Waals surface area contributed by atoms with E-state index in [2.05, 4.69) is 13.8 Å². The fourth-order valence-corrected chi connectivity index (χ4v) is 2.79. The van der Waals surface area contributed by atoms with Crippen molar-refractivity contribution in [2.75, 3.05) is 13.1 Å². The summed E-state index contributed by atoms with van der Waals surface area (Å²) in [6.45, 7) is 7.57. The van der Waals surface area contributed by atoms with Gasteiger partial charge in [-0.15, -0.1) is 0 Å². The lowest BCUT2D eigenvalue weighted by Gasteiger charge is -2.35. The lowest BCUT2D eigenvalue weighted by molar-refractivity contribution is 0.0618. The van der Waals surface area contributed by atoms with E-state index in [0.717, 1.165) is 25.1 Å². The Morgan fingerprint density at radius 3 is 2.44 bits per heavy atom. The number of hydrogen-bond donors (Lipinski definition) is 0. The zero-order valence-electron chi connectivity index (χ0n) is 11.2. The van der Waals surface area contributed by atoms with Gasteiger partial charge in [0.1, 0.15) is 5.82 Å². The highest BCUT2D eigenvalue weighted by Crippen LogP contribution is 2.23. The van der Waals surface area contributed by atoms with Crippen LogP contribution in [0, 0.1) is 24.6 Å². The van der Waals surface area contributed by atoms with Crippen molar-refractivity contribution in [1.82, 2.24) is 4.90 Å². The molecule has 1 saturated heterocycles. The topological polar surface area (TPSA) is 20.3 Å². The van der Waals surface area contributed by atoms with Gasteiger partial charge in [0, 0.05) is 13.1 Å². The van der Waals surface area contributed by atoms with E-state index in [-0.39, 0.29) is 11.5 Å². The van der Waals surface area contributed by atoms with Crippen molar-refractivity contribution in [1.29, 1.82) is 0 Å². The lowest BCUT2D eigenvalue weighted by Crippen LogP contribution is -2.42. The minimum absolute atomic E-state index is 0.175. The second-order valence-corrected chi connectivity index (χ2v) is 5.64. The Bertz CT molecular complexity index is 448. The molecule has 1 heterocycles. The van der Waals surface area contributed by atoms with E-state index in [1.54, 1.807) is 17.0 Å². The number of benzene rings is 1. The molecule has 2 unspecified atom stereocenters. The summed E-state index contributed by atoms with van der Waals surface area (Å²) < 4.78 is 13.8. The highest BCUT2D eigenvalue weighted by molar-refractivity contribution is 5.94. The van der Waals surface area contributed by atoms with E-state index in [0.29, 0.717) is 11.8 Å². The first-order valence-electron chi connectivity index (χ1n) is 6.52. The predicted octanol–water partition coefficient (Wildman–Crippen LogP) is 3.25. The van der Waals surface area contributed by atoms with Gasteiger partial charge in [0.05, 0.1) is 5.56 Å². The first-order valence-corrected chi connectivity index (χ1v) is 6.52. The SMILES string of the molecule is Cc1ccc(C(=O)N2CC(C)CC(C)C2)c(F)c1. The summed E-state index contributed by atoms with van der Waals surface area (Å²) in [6, 6.07) is 4.80. The fraction of sp³-hybridized carbons (Fsp3) is 0.533. The van der Waals surface area contributed by atoms with Crippen molar-refractivity contribution in [3.8, 4) is 0 Å². The van der Waals surface area contributed by atoms with E-state index < -0.39 is 5.82 Å². The van der Waals surface area contributed by atoms with E-state index >= 15 is 0 Å². The number of hydrogen-bond acceptors (Lipinski definition) is 1. The van der Waals surface area contributed by atoms with Crippen LogP contribution in [-0.4, -0.2) is 23.9 Å². The average molecular weight is 249 g/mol. The molecular formula is C15H20FNO. The van der Waals surface area contributed by atoms with Gasteiger partial charge in [-0.2, -0.15) is 0 Å². The van der Waals surface area contributed by atoms with E-state index in [4.69, 9.17) is 0 Å². The lowest BCUT2D eigenvalue weighted by atomic mass is 9.91. The van der Waals surface area contributed by atoms with Gasteiger partial charge in [-0.05, 0) is 42.9 Å². The van der Waals surface area contributed by atoms with Crippen molar-refractivity contribution in [2.24, 2.45) is 11.8 Å². The highest BCUT2D eigenvalue weighted by atomic mass is 19.1. The van der Waals surface area contributed by atoms with Gasteiger partial charge in [-0.3, -0.25) is 4.79 Å². The number of carbonyl (C=O) groups excluding carboxylic acids is 1. The zero-order valence-corrected chi connectivity index (χ0v) is 11.2. The van der Waals surface area contributed by atoms with Crippen molar-refractivity contribution in [2.45, 2.75) is 27.2 Å². The number of piperidine rings is 1. The van der Waals surface area contributed by atoms with Crippen LogP contribution >= 0.6 is 0 Å². The Kier molecular flexibility index (Phi) is 3.69. The molecule has 0 N–H and O–H groups in total. The van der Waals surface area contributed by atoms with Gasteiger partial charge in [-0.1, -0.05) is 19.9 Å². The van der Waals surface area contributed by atoms with Crippen LogP contribution in [0.1, 0.15) is 36.2 Å². The minimum Gasteiger partial charge on any atom is -0.338 e. The summed E-state index contributed by atoms with van der Waals surface area (Å²) in [4.78, 5) is 14.1. The summed E-state index contributed by atoms with van der Waals surface area (Å²) in [5.41, 5.74) is 1.03. The molecule has 2 nitrogen and oxygen atoms in total. The zero-order chi connectivity index (χ0) is 13.3. The molecule has 3 heteroatoms. The van der Waals surface area contributed by atoms with E-state index in [9.17, 15) is 9.18 Å². The van der Waals surface area contributed by atoms with Crippen LogP contribution in [0.5, 0.6) is 0 Å².